The summed E-state index contributed by atoms with van der Waals surface area (Å²) in [6.45, 7) is 2.86. The van der Waals surface area contributed by atoms with Crippen LogP contribution in [0.15, 0.2) is 6.07 Å². The lowest BCUT2D eigenvalue weighted by atomic mass is 10.2. The third kappa shape index (κ3) is 4.82. The molecular weight excluding hydrogens is 246 g/mol. The predicted octanol–water partition coefficient (Wildman–Crippen LogP) is 1.17. The Hall–Kier alpha value is -1.69. The number of nitrogens with zero attached hydrogens (tertiary/aromatic N) is 3. The summed E-state index contributed by atoms with van der Waals surface area (Å²) in [5, 5.41) is 8.72. The molecule has 1 aromatic heterocycles. The highest BCUT2D eigenvalue weighted by atomic mass is 16.5. The van der Waals surface area contributed by atoms with Crippen molar-refractivity contribution in [3.05, 3.63) is 17.6 Å². The molecule has 0 amide bonds. The van der Waals surface area contributed by atoms with Crippen LogP contribution in [-0.2, 0) is 4.74 Å². The highest BCUT2D eigenvalue weighted by Crippen LogP contribution is 2.12. The number of anilines is 1. The molecule has 0 spiro atoms. The number of esters is 1. The molecule has 1 heterocycles. The first-order valence-corrected chi connectivity index (χ1v) is 6.34. The monoisotopic (exact) mass is 267 g/mol. The molecule has 0 fully saturated rings. The minimum absolute atomic E-state index is 0.0831. The van der Waals surface area contributed by atoms with Crippen LogP contribution in [0.5, 0.6) is 0 Å². The lowest BCUT2D eigenvalue weighted by Gasteiger charge is -2.18. The van der Waals surface area contributed by atoms with Crippen LogP contribution in [-0.4, -0.2) is 48.4 Å². The zero-order chi connectivity index (χ0) is 14.3. The van der Waals surface area contributed by atoms with Crippen LogP contribution in [0.3, 0.4) is 0 Å². The van der Waals surface area contributed by atoms with Crippen LogP contribution >= 0.6 is 0 Å². The maximum absolute atomic E-state index is 11.4. The Morgan fingerprint density at radius 1 is 1.37 bits per heavy atom. The Balaban J connectivity index is 2.71. The summed E-state index contributed by atoms with van der Waals surface area (Å²) >= 11 is 0. The highest BCUT2D eigenvalue weighted by molar-refractivity contribution is 5.85. The number of hydrogen-bond acceptors (Lipinski definition) is 6. The largest absolute Gasteiger partial charge is 0.463 e. The summed E-state index contributed by atoms with van der Waals surface area (Å²) in [6, 6.07) is 1.83. The van der Waals surface area contributed by atoms with Crippen molar-refractivity contribution in [3.8, 4) is 0 Å². The van der Waals surface area contributed by atoms with Gasteiger partial charge in [-0.05, 0) is 26.2 Å². The Morgan fingerprint density at radius 3 is 2.74 bits per heavy atom. The summed E-state index contributed by atoms with van der Waals surface area (Å²) in [5.41, 5.74) is 0.729. The van der Waals surface area contributed by atoms with E-state index in [-0.39, 0.29) is 12.4 Å². The number of methoxy groups -OCH3 is 1. The molecule has 106 valence electrons. The van der Waals surface area contributed by atoms with Gasteiger partial charge in [0.15, 0.2) is 0 Å². The number of aryl methyl sites for hydroxylation is 1. The van der Waals surface area contributed by atoms with E-state index in [1.165, 1.54) is 7.11 Å². The first kappa shape index (κ1) is 15.4. The number of aliphatic hydroxyl groups is 1. The molecule has 0 aliphatic carbocycles. The molecule has 0 saturated heterocycles. The molecule has 6 heteroatoms. The van der Waals surface area contributed by atoms with Gasteiger partial charge in [-0.15, -0.1) is 0 Å². The van der Waals surface area contributed by atoms with Crippen LogP contribution < -0.4 is 4.90 Å². The van der Waals surface area contributed by atoms with Gasteiger partial charge >= 0.3 is 5.97 Å². The number of rotatable bonds is 7. The van der Waals surface area contributed by atoms with E-state index >= 15 is 0 Å². The summed E-state index contributed by atoms with van der Waals surface area (Å²) in [4.78, 5) is 21.7. The molecule has 6 nitrogen and oxygen atoms in total. The highest BCUT2D eigenvalue weighted by Gasteiger charge is 2.13. The number of carbonyl (C=O) groups excluding carboxylic acids is 1. The molecule has 0 aliphatic rings. The molecule has 0 unspecified atom stereocenters. The van der Waals surface area contributed by atoms with Gasteiger partial charge in [0.05, 0.1) is 7.11 Å². The van der Waals surface area contributed by atoms with Gasteiger partial charge < -0.3 is 14.7 Å². The normalized spacial score (nSPS) is 10.3. The van der Waals surface area contributed by atoms with E-state index in [0.717, 1.165) is 31.5 Å². The minimum atomic E-state index is -0.529. The first-order chi connectivity index (χ1) is 9.08. The van der Waals surface area contributed by atoms with Gasteiger partial charge in [0.1, 0.15) is 5.82 Å². The third-order valence-electron chi connectivity index (χ3n) is 2.75. The fourth-order valence-electron chi connectivity index (χ4n) is 1.68. The average Bonchev–Trinajstić information content (AvgIpc) is 2.41. The van der Waals surface area contributed by atoms with Crippen LogP contribution in [0.2, 0.25) is 0 Å². The van der Waals surface area contributed by atoms with Gasteiger partial charge in [0.2, 0.25) is 5.82 Å². The molecular formula is C13H21N3O3. The van der Waals surface area contributed by atoms with Crippen LogP contribution in [0.1, 0.15) is 35.6 Å². The average molecular weight is 267 g/mol. The van der Waals surface area contributed by atoms with Gasteiger partial charge in [-0.2, -0.15) is 0 Å². The number of aromatic nitrogens is 2. The number of ether oxygens (including phenoxy) is 1. The van der Waals surface area contributed by atoms with Gasteiger partial charge in [0.25, 0.3) is 0 Å². The Kier molecular flexibility index (Phi) is 6.21. The SMILES string of the molecule is COC(=O)c1nc(C)cc(N(C)CCCCCO)n1. The van der Waals surface area contributed by atoms with Crippen molar-refractivity contribution in [2.45, 2.75) is 26.2 Å². The molecule has 0 bridgehead atoms. The topological polar surface area (TPSA) is 75.5 Å². The fourth-order valence-corrected chi connectivity index (χ4v) is 1.68. The zero-order valence-electron chi connectivity index (χ0n) is 11.7. The van der Waals surface area contributed by atoms with Gasteiger partial charge in [0, 0.05) is 32.0 Å². The second-order valence-corrected chi connectivity index (χ2v) is 4.39. The number of hydrogen-bond donors (Lipinski definition) is 1. The van der Waals surface area contributed by atoms with Crippen molar-refractivity contribution in [1.29, 1.82) is 0 Å². The van der Waals surface area contributed by atoms with Crippen molar-refractivity contribution in [1.82, 2.24) is 9.97 Å². The van der Waals surface area contributed by atoms with Crippen LogP contribution in [0.25, 0.3) is 0 Å². The van der Waals surface area contributed by atoms with Gasteiger partial charge in [-0.3, -0.25) is 0 Å². The van der Waals surface area contributed by atoms with E-state index in [4.69, 9.17) is 5.11 Å². The molecule has 1 rings (SSSR count). The van der Waals surface area contributed by atoms with Gasteiger partial charge in [-0.1, -0.05) is 0 Å². The Morgan fingerprint density at radius 2 is 2.11 bits per heavy atom. The first-order valence-electron chi connectivity index (χ1n) is 6.34. The molecule has 1 aromatic rings. The standard InChI is InChI=1S/C13H21N3O3/c1-10-9-11(15-12(14-10)13(18)19-3)16(2)7-5-4-6-8-17/h9,17H,4-8H2,1-3H3. The van der Waals surface area contributed by atoms with Crippen molar-refractivity contribution in [2.75, 3.05) is 32.2 Å². The van der Waals surface area contributed by atoms with Crippen molar-refractivity contribution >= 4 is 11.8 Å². The molecule has 0 atom stereocenters. The summed E-state index contributed by atoms with van der Waals surface area (Å²) in [6.07, 6.45) is 2.74. The van der Waals surface area contributed by atoms with Crippen LogP contribution in [0, 0.1) is 6.92 Å². The van der Waals surface area contributed by atoms with E-state index in [2.05, 4.69) is 14.7 Å². The van der Waals surface area contributed by atoms with Crippen molar-refractivity contribution in [3.63, 3.8) is 0 Å². The van der Waals surface area contributed by atoms with E-state index in [0.29, 0.717) is 5.82 Å². The molecule has 0 aromatic carbocycles. The molecule has 0 saturated carbocycles. The lowest BCUT2D eigenvalue weighted by Crippen LogP contribution is -2.22. The summed E-state index contributed by atoms with van der Waals surface area (Å²) < 4.78 is 4.63. The smallest absolute Gasteiger partial charge is 0.376 e. The number of carbonyl (C=O) groups is 1. The Bertz CT molecular complexity index is 424. The lowest BCUT2D eigenvalue weighted by molar-refractivity contribution is 0.0586. The van der Waals surface area contributed by atoms with Crippen LogP contribution in [0.4, 0.5) is 5.82 Å². The van der Waals surface area contributed by atoms with Gasteiger partial charge in [-0.25, -0.2) is 14.8 Å². The van der Waals surface area contributed by atoms with E-state index in [1.54, 1.807) is 0 Å². The van der Waals surface area contributed by atoms with E-state index < -0.39 is 5.97 Å². The fraction of sp³-hybridized carbons (Fsp3) is 0.615. The van der Waals surface area contributed by atoms with E-state index in [1.807, 2.05) is 24.9 Å². The maximum atomic E-state index is 11.4. The second kappa shape index (κ2) is 7.68. The van der Waals surface area contributed by atoms with Crippen molar-refractivity contribution in [2.24, 2.45) is 0 Å². The third-order valence-corrected chi connectivity index (χ3v) is 2.75. The minimum Gasteiger partial charge on any atom is -0.463 e. The number of aliphatic hydroxyl groups excluding tert-OH is 1. The maximum Gasteiger partial charge on any atom is 0.376 e. The second-order valence-electron chi connectivity index (χ2n) is 4.39. The quantitative estimate of drug-likeness (QED) is 0.590. The summed E-state index contributed by atoms with van der Waals surface area (Å²) in [5.74, 6) is 0.259. The van der Waals surface area contributed by atoms with Crippen molar-refractivity contribution < 1.29 is 14.6 Å². The summed E-state index contributed by atoms with van der Waals surface area (Å²) in [7, 11) is 3.23. The zero-order valence-corrected chi connectivity index (χ0v) is 11.7. The number of unbranched alkanes of at least 4 members (excludes halogenated alkanes) is 2. The molecule has 0 aliphatic heterocycles. The Labute approximate surface area is 113 Å². The predicted molar refractivity (Wildman–Crippen MR) is 72.3 cm³/mol. The molecule has 1 N–H and O–H groups in total. The van der Waals surface area contributed by atoms with E-state index in [9.17, 15) is 4.79 Å². The molecule has 19 heavy (non-hydrogen) atoms. The molecule has 0 radical (unpaired) electrons.